The molecule has 0 amide bonds. The largest absolute Gasteiger partial charge is 0.339 e. The summed E-state index contributed by atoms with van der Waals surface area (Å²) < 4.78 is 5.38. The van der Waals surface area contributed by atoms with Gasteiger partial charge in [-0.1, -0.05) is 22.9 Å². The summed E-state index contributed by atoms with van der Waals surface area (Å²) in [5.74, 6) is 2.97. The molecule has 112 valence electrons. The van der Waals surface area contributed by atoms with Crippen LogP contribution in [0.3, 0.4) is 0 Å². The smallest absolute Gasteiger partial charge is 0.226 e. The van der Waals surface area contributed by atoms with Crippen LogP contribution in [0.2, 0.25) is 0 Å². The lowest BCUT2D eigenvalue weighted by atomic mass is 9.96. The molecule has 1 aromatic carbocycles. The third-order valence-corrected chi connectivity index (χ3v) is 4.72. The van der Waals surface area contributed by atoms with Crippen molar-refractivity contribution in [3.8, 4) is 0 Å². The molecule has 1 fully saturated rings. The van der Waals surface area contributed by atoms with Crippen molar-refractivity contribution >= 4 is 11.8 Å². The minimum Gasteiger partial charge on any atom is -0.339 e. The maximum absolute atomic E-state index is 5.38. The second-order valence-corrected chi connectivity index (χ2v) is 6.67. The molecule has 1 atom stereocenters. The average molecular weight is 303 g/mol. The molecule has 0 saturated carbocycles. The molecular weight excluding hydrogens is 282 g/mol. The lowest BCUT2D eigenvalue weighted by Gasteiger charge is -2.20. The van der Waals surface area contributed by atoms with Crippen molar-refractivity contribution in [3.05, 3.63) is 41.5 Å². The van der Waals surface area contributed by atoms with Gasteiger partial charge in [0.2, 0.25) is 5.89 Å². The number of hydrogen-bond acceptors (Lipinski definition) is 5. The second-order valence-electron chi connectivity index (χ2n) is 5.63. The Hall–Kier alpha value is -1.33. The van der Waals surface area contributed by atoms with E-state index in [0.717, 1.165) is 37.0 Å². The zero-order valence-electron chi connectivity index (χ0n) is 12.3. The fourth-order valence-corrected chi connectivity index (χ4v) is 3.49. The van der Waals surface area contributed by atoms with Crippen molar-refractivity contribution in [1.82, 2.24) is 15.5 Å². The third-order valence-electron chi connectivity index (χ3n) is 3.73. The van der Waals surface area contributed by atoms with E-state index in [9.17, 15) is 0 Å². The van der Waals surface area contributed by atoms with E-state index in [0.29, 0.717) is 5.92 Å². The Balaban J connectivity index is 1.52. The van der Waals surface area contributed by atoms with Crippen molar-refractivity contribution < 1.29 is 4.52 Å². The van der Waals surface area contributed by atoms with Crippen LogP contribution in [0.15, 0.2) is 33.7 Å². The highest BCUT2D eigenvalue weighted by atomic mass is 32.2. The molecule has 1 saturated heterocycles. The van der Waals surface area contributed by atoms with E-state index in [4.69, 9.17) is 4.52 Å². The van der Waals surface area contributed by atoms with Gasteiger partial charge in [-0.2, -0.15) is 4.98 Å². The molecule has 5 heteroatoms. The molecular formula is C16H21N3OS. The molecule has 4 nitrogen and oxygen atoms in total. The molecule has 21 heavy (non-hydrogen) atoms. The van der Waals surface area contributed by atoms with Gasteiger partial charge in [0.05, 0.1) is 5.75 Å². The first-order chi connectivity index (χ1) is 10.3. The summed E-state index contributed by atoms with van der Waals surface area (Å²) in [5, 5.41) is 7.51. The lowest BCUT2D eigenvalue weighted by Crippen LogP contribution is -2.30. The van der Waals surface area contributed by atoms with E-state index in [1.807, 2.05) is 0 Å². The molecule has 2 aromatic rings. The van der Waals surface area contributed by atoms with Gasteiger partial charge in [0.1, 0.15) is 0 Å². The highest BCUT2D eigenvalue weighted by molar-refractivity contribution is 7.98. The van der Waals surface area contributed by atoms with Crippen molar-refractivity contribution in [2.24, 2.45) is 5.92 Å². The van der Waals surface area contributed by atoms with E-state index >= 15 is 0 Å². The zero-order valence-corrected chi connectivity index (χ0v) is 13.2. The molecule has 3 rings (SSSR count). The van der Waals surface area contributed by atoms with Crippen LogP contribution in [-0.2, 0) is 12.2 Å². The number of nitrogens with zero attached hydrogens (tertiary/aromatic N) is 2. The van der Waals surface area contributed by atoms with Crippen LogP contribution in [0.1, 0.15) is 30.1 Å². The fourth-order valence-electron chi connectivity index (χ4n) is 2.63. The average Bonchev–Trinajstić information content (AvgIpc) is 2.94. The van der Waals surface area contributed by atoms with Gasteiger partial charge >= 0.3 is 0 Å². The van der Waals surface area contributed by atoms with E-state index in [1.165, 1.54) is 23.3 Å². The van der Waals surface area contributed by atoms with Crippen molar-refractivity contribution in [2.75, 3.05) is 13.1 Å². The van der Waals surface area contributed by atoms with Gasteiger partial charge in [-0.3, -0.25) is 0 Å². The van der Waals surface area contributed by atoms with E-state index in [2.05, 4.69) is 46.6 Å². The Bertz CT molecular complexity index is 578. The predicted molar refractivity (Wildman–Crippen MR) is 84.3 cm³/mol. The normalized spacial score (nSPS) is 18.8. The number of benzene rings is 1. The summed E-state index contributed by atoms with van der Waals surface area (Å²) in [5.41, 5.74) is 1.28. The Labute approximate surface area is 129 Å². The zero-order chi connectivity index (χ0) is 14.5. The van der Waals surface area contributed by atoms with Crippen LogP contribution in [0.4, 0.5) is 0 Å². The van der Waals surface area contributed by atoms with Crippen LogP contribution in [0.5, 0.6) is 0 Å². The first-order valence-corrected chi connectivity index (χ1v) is 8.50. The molecule has 2 heterocycles. The number of piperidine rings is 1. The summed E-state index contributed by atoms with van der Waals surface area (Å²) in [6, 6.07) is 8.48. The van der Waals surface area contributed by atoms with Crippen molar-refractivity contribution in [2.45, 2.75) is 36.8 Å². The van der Waals surface area contributed by atoms with Gasteiger partial charge in [0.15, 0.2) is 5.82 Å². The molecule has 0 bridgehead atoms. The Morgan fingerprint density at radius 1 is 1.43 bits per heavy atom. The van der Waals surface area contributed by atoms with Gasteiger partial charge < -0.3 is 9.84 Å². The lowest BCUT2D eigenvalue weighted by molar-refractivity contribution is 0.315. The van der Waals surface area contributed by atoms with E-state index < -0.39 is 0 Å². The summed E-state index contributed by atoms with van der Waals surface area (Å²) in [4.78, 5) is 5.76. The standard InChI is InChI=1S/C16H21N3OS/c1-12-4-2-6-14(8-12)21-11-15-18-16(20-19-15)9-13-5-3-7-17-10-13/h2,4,6,8,13,17H,3,5,7,9-11H2,1H3. The molecule has 1 N–H and O–H groups in total. The van der Waals surface area contributed by atoms with Gasteiger partial charge in [-0.25, -0.2) is 0 Å². The van der Waals surface area contributed by atoms with Gasteiger partial charge in [-0.15, -0.1) is 11.8 Å². The molecule has 0 radical (unpaired) electrons. The quantitative estimate of drug-likeness (QED) is 0.860. The SMILES string of the molecule is Cc1cccc(SCc2noc(CC3CCCNC3)n2)c1. The van der Waals surface area contributed by atoms with Crippen LogP contribution >= 0.6 is 11.8 Å². The van der Waals surface area contributed by atoms with Crippen LogP contribution in [-0.4, -0.2) is 23.2 Å². The summed E-state index contributed by atoms with van der Waals surface area (Å²) >= 11 is 1.75. The first kappa shape index (κ1) is 14.6. The Kier molecular flexibility index (Phi) is 4.93. The molecule has 1 unspecified atom stereocenters. The molecule has 0 aliphatic carbocycles. The highest BCUT2D eigenvalue weighted by Crippen LogP contribution is 2.23. The predicted octanol–water partition coefficient (Wildman–Crippen LogP) is 3.21. The maximum Gasteiger partial charge on any atom is 0.226 e. The second kappa shape index (κ2) is 7.09. The number of rotatable bonds is 5. The Morgan fingerprint density at radius 2 is 2.38 bits per heavy atom. The van der Waals surface area contributed by atoms with E-state index in [1.54, 1.807) is 11.8 Å². The Morgan fingerprint density at radius 3 is 3.19 bits per heavy atom. The number of hydrogen-bond donors (Lipinski definition) is 1. The van der Waals surface area contributed by atoms with Gasteiger partial charge in [-0.05, 0) is 50.9 Å². The fraction of sp³-hybridized carbons (Fsp3) is 0.500. The molecule has 1 aliphatic heterocycles. The maximum atomic E-state index is 5.38. The van der Waals surface area contributed by atoms with Gasteiger partial charge in [0, 0.05) is 11.3 Å². The summed E-state index contributed by atoms with van der Waals surface area (Å²) in [6.45, 7) is 4.31. The number of thioether (sulfide) groups is 1. The van der Waals surface area contributed by atoms with Crippen molar-refractivity contribution in [1.29, 1.82) is 0 Å². The summed E-state index contributed by atoms with van der Waals surface area (Å²) in [7, 11) is 0. The first-order valence-electron chi connectivity index (χ1n) is 7.51. The topological polar surface area (TPSA) is 51.0 Å². The van der Waals surface area contributed by atoms with Crippen molar-refractivity contribution in [3.63, 3.8) is 0 Å². The van der Waals surface area contributed by atoms with Crippen LogP contribution in [0, 0.1) is 12.8 Å². The summed E-state index contributed by atoms with van der Waals surface area (Å²) in [6.07, 6.45) is 3.40. The van der Waals surface area contributed by atoms with E-state index in [-0.39, 0.29) is 0 Å². The highest BCUT2D eigenvalue weighted by Gasteiger charge is 2.17. The molecule has 1 aromatic heterocycles. The third kappa shape index (κ3) is 4.32. The molecule has 0 spiro atoms. The molecule has 1 aliphatic rings. The monoisotopic (exact) mass is 303 g/mol. The number of aryl methyl sites for hydroxylation is 1. The number of nitrogens with one attached hydrogen (secondary N) is 1. The van der Waals surface area contributed by atoms with Crippen LogP contribution < -0.4 is 5.32 Å². The minimum absolute atomic E-state index is 0.636. The van der Waals surface area contributed by atoms with Crippen LogP contribution in [0.25, 0.3) is 0 Å². The minimum atomic E-state index is 0.636. The number of aromatic nitrogens is 2. The van der Waals surface area contributed by atoms with Gasteiger partial charge in [0.25, 0.3) is 0 Å².